The lowest BCUT2D eigenvalue weighted by molar-refractivity contribution is 0.372. The van der Waals surface area contributed by atoms with E-state index >= 15 is 0 Å². The van der Waals surface area contributed by atoms with Crippen molar-refractivity contribution in [3.05, 3.63) is 17.5 Å². The topological polar surface area (TPSA) is 75.9 Å². The Kier molecular flexibility index (Phi) is 2.04. The molecule has 0 saturated carbocycles. The zero-order valence-electron chi connectivity index (χ0n) is 7.42. The van der Waals surface area contributed by atoms with Crippen LogP contribution < -0.4 is 5.73 Å². The summed E-state index contributed by atoms with van der Waals surface area (Å²) in [5.74, 6) is 1.33. The fourth-order valence-corrected chi connectivity index (χ4v) is 1.79. The summed E-state index contributed by atoms with van der Waals surface area (Å²) in [6, 6.07) is 0. The third-order valence-electron chi connectivity index (χ3n) is 2.60. The van der Waals surface area contributed by atoms with E-state index in [1.165, 1.54) is 5.56 Å². The molecule has 4 nitrogen and oxygen atoms in total. The van der Waals surface area contributed by atoms with Crippen molar-refractivity contribution < 1.29 is 4.52 Å². The van der Waals surface area contributed by atoms with Gasteiger partial charge in [-0.2, -0.15) is 0 Å². The third-order valence-corrected chi connectivity index (χ3v) is 2.60. The molecule has 0 amide bonds. The zero-order valence-corrected chi connectivity index (χ0v) is 7.42. The molecule has 2 rings (SSSR count). The van der Waals surface area contributed by atoms with Crippen LogP contribution in [0.2, 0.25) is 0 Å². The molecule has 0 saturated heterocycles. The monoisotopic (exact) mass is 179 g/mol. The first kappa shape index (κ1) is 8.29. The first-order valence-electron chi connectivity index (χ1n) is 4.53. The number of hydrogen-bond acceptors (Lipinski definition) is 3. The van der Waals surface area contributed by atoms with Crippen LogP contribution in [0.3, 0.4) is 0 Å². The lowest BCUT2D eigenvalue weighted by Crippen LogP contribution is -2.23. The van der Waals surface area contributed by atoms with Crippen molar-refractivity contribution in [1.82, 2.24) is 5.16 Å². The lowest BCUT2D eigenvalue weighted by Gasteiger charge is -2.09. The SMILES string of the molecule is N=C(N)[C@@H]1CCCc2cnoc2C1. The van der Waals surface area contributed by atoms with Crippen molar-refractivity contribution in [3.8, 4) is 0 Å². The van der Waals surface area contributed by atoms with E-state index < -0.39 is 0 Å². The average molecular weight is 179 g/mol. The van der Waals surface area contributed by atoms with Gasteiger partial charge in [0.2, 0.25) is 0 Å². The second-order valence-electron chi connectivity index (χ2n) is 3.52. The number of aryl methyl sites for hydroxylation is 1. The molecule has 1 heterocycles. The van der Waals surface area contributed by atoms with Crippen molar-refractivity contribution in [2.75, 3.05) is 0 Å². The van der Waals surface area contributed by atoms with Gasteiger partial charge in [0.05, 0.1) is 12.0 Å². The highest BCUT2D eigenvalue weighted by Crippen LogP contribution is 2.23. The zero-order chi connectivity index (χ0) is 9.26. The summed E-state index contributed by atoms with van der Waals surface area (Å²) in [6.07, 6.45) is 5.57. The van der Waals surface area contributed by atoms with Crippen LogP contribution >= 0.6 is 0 Å². The molecule has 1 aromatic rings. The van der Waals surface area contributed by atoms with E-state index in [2.05, 4.69) is 5.16 Å². The molecule has 0 spiro atoms. The van der Waals surface area contributed by atoms with Gasteiger partial charge in [0, 0.05) is 17.9 Å². The molecule has 70 valence electrons. The summed E-state index contributed by atoms with van der Waals surface area (Å²) in [6.45, 7) is 0. The van der Waals surface area contributed by atoms with Crippen LogP contribution in [-0.2, 0) is 12.8 Å². The van der Waals surface area contributed by atoms with Gasteiger partial charge in [-0.3, -0.25) is 5.41 Å². The Morgan fingerprint density at radius 2 is 2.54 bits per heavy atom. The standard InChI is InChI=1S/C9H13N3O/c10-9(11)6-2-1-3-7-5-12-13-8(7)4-6/h5-6H,1-4H2,(H3,10,11)/t6-/m1/s1. The summed E-state index contributed by atoms with van der Waals surface area (Å²) in [5, 5.41) is 11.1. The molecule has 1 aliphatic carbocycles. The van der Waals surface area contributed by atoms with Crippen LogP contribution in [0.5, 0.6) is 0 Å². The summed E-state index contributed by atoms with van der Waals surface area (Å²) in [4.78, 5) is 0. The van der Waals surface area contributed by atoms with Gasteiger partial charge >= 0.3 is 0 Å². The predicted octanol–water partition coefficient (Wildman–Crippen LogP) is 1.11. The minimum atomic E-state index is 0.147. The Bertz CT molecular complexity index is 318. The maximum Gasteiger partial charge on any atom is 0.140 e. The van der Waals surface area contributed by atoms with Gasteiger partial charge in [0.1, 0.15) is 5.76 Å². The Hall–Kier alpha value is -1.32. The smallest absolute Gasteiger partial charge is 0.140 e. The second kappa shape index (κ2) is 3.20. The number of nitrogens with zero attached hydrogens (tertiary/aromatic N) is 1. The normalized spacial score (nSPS) is 22.0. The van der Waals surface area contributed by atoms with Crippen LogP contribution in [-0.4, -0.2) is 11.0 Å². The van der Waals surface area contributed by atoms with E-state index in [0.29, 0.717) is 0 Å². The number of aromatic nitrogens is 1. The van der Waals surface area contributed by atoms with Gasteiger partial charge < -0.3 is 10.3 Å². The lowest BCUT2D eigenvalue weighted by atomic mass is 9.99. The molecule has 0 aliphatic heterocycles. The fourth-order valence-electron chi connectivity index (χ4n) is 1.79. The molecule has 0 fully saturated rings. The molecule has 0 bridgehead atoms. The van der Waals surface area contributed by atoms with Gasteiger partial charge in [-0.15, -0.1) is 0 Å². The minimum Gasteiger partial charge on any atom is -0.387 e. The molecule has 1 atom stereocenters. The number of hydrogen-bond donors (Lipinski definition) is 2. The summed E-state index contributed by atoms with van der Waals surface area (Å²) >= 11 is 0. The van der Waals surface area contributed by atoms with E-state index in [4.69, 9.17) is 15.7 Å². The Morgan fingerprint density at radius 1 is 1.69 bits per heavy atom. The number of rotatable bonds is 1. The first-order valence-corrected chi connectivity index (χ1v) is 4.53. The highest BCUT2D eigenvalue weighted by molar-refractivity contribution is 5.79. The van der Waals surface area contributed by atoms with Crippen LogP contribution in [0.1, 0.15) is 24.2 Å². The van der Waals surface area contributed by atoms with Gasteiger partial charge in [0.15, 0.2) is 0 Å². The van der Waals surface area contributed by atoms with E-state index in [0.717, 1.165) is 31.4 Å². The quantitative estimate of drug-likeness (QED) is 0.385. The van der Waals surface area contributed by atoms with Gasteiger partial charge in [-0.1, -0.05) is 5.16 Å². The van der Waals surface area contributed by atoms with Crippen molar-refractivity contribution >= 4 is 5.84 Å². The van der Waals surface area contributed by atoms with Crippen molar-refractivity contribution in [1.29, 1.82) is 5.41 Å². The third kappa shape index (κ3) is 1.56. The summed E-state index contributed by atoms with van der Waals surface area (Å²) in [7, 11) is 0. The number of nitrogens with two attached hydrogens (primary N) is 1. The molecule has 1 aromatic heterocycles. The first-order chi connectivity index (χ1) is 6.27. The van der Waals surface area contributed by atoms with Crippen molar-refractivity contribution in [2.24, 2.45) is 11.7 Å². The van der Waals surface area contributed by atoms with Crippen LogP contribution in [0.4, 0.5) is 0 Å². The fraction of sp³-hybridized carbons (Fsp3) is 0.556. The van der Waals surface area contributed by atoms with Crippen molar-refractivity contribution in [2.45, 2.75) is 25.7 Å². The number of fused-ring (bicyclic) bond motifs is 1. The van der Waals surface area contributed by atoms with Gasteiger partial charge in [0.25, 0.3) is 0 Å². The van der Waals surface area contributed by atoms with Crippen LogP contribution in [0, 0.1) is 11.3 Å². The van der Waals surface area contributed by atoms with E-state index in [1.54, 1.807) is 6.20 Å². The summed E-state index contributed by atoms with van der Waals surface area (Å²) in [5.41, 5.74) is 6.67. The maximum atomic E-state index is 7.40. The van der Waals surface area contributed by atoms with E-state index in [9.17, 15) is 0 Å². The van der Waals surface area contributed by atoms with E-state index in [1.807, 2.05) is 0 Å². The van der Waals surface area contributed by atoms with Crippen LogP contribution in [0.25, 0.3) is 0 Å². The van der Waals surface area contributed by atoms with Gasteiger partial charge in [-0.25, -0.2) is 0 Å². The second-order valence-corrected chi connectivity index (χ2v) is 3.52. The maximum absolute atomic E-state index is 7.40. The molecular weight excluding hydrogens is 166 g/mol. The largest absolute Gasteiger partial charge is 0.387 e. The Labute approximate surface area is 76.6 Å². The number of nitrogens with one attached hydrogen (secondary N) is 1. The van der Waals surface area contributed by atoms with E-state index in [-0.39, 0.29) is 11.8 Å². The highest BCUT2D eigenvalue weighted by atomic mass is 16.5. The molecule has 3 N–H and O–H groups in total. The predicted molar refractivity (Wildman–Crippen MR) is 48.5 cm³/mol. The Balaban J connectivity index is 2.21. The van der Waals surface area contributed by atoms with Crippen LogP contribution in [0.15, 0.2) is 10.7 Å². The highest BCUT2D eigenvalue weighted by Gasteiger charge is 2.21. The molecular formula is C9H13N3O. The summed E-state index contributed by atoms with van der Waals surface area (Å²) < 4.78 is 5.11. The molecule has 0 aromatic carbocycles. The van der Waals surface area contributed by atoms with Gasteiger partial charge in [-0.05, 0) is 19.3 Å². The molecule has 0 radical (unpaired) electrons. The number of amidine groups is 1. The van der Waals surface area contributed by atoms with Crippen molar-refractivity contribution in [3.63, 3.8) is 0 Å². The molecule has 0 unspecified atom stereocenters. The molecule has 4 heteroatoms. The average Bonchev–Trinajstić information content (AvgIpc) is 2.42. The molecule has 13 heavy (non-hydrogen) atoms. The molecule has 1 aliphatic rings. The Morgan fingerprint density at radius 3 is 3.31 bits per heavy atom. The minimum absolute atomic E-state index is 0.147.